The summed E-state index contributed by atoms with van der Waals surface area (Å²) in [4.78, 5) is 15.4. The molecule has 0 N–H and O–H groups in total. The lowest BCUT2D eigenvalue weighted by Crippen LogP contribution is -2.48. The number of amides is 1. The molecule has 0 bridgehead atoms. The van der Waals surface area contributed by atoms with Gasteiger partial charge in [0.25, 0.3) is 5.91 Å². The van der Waals surface area contributed by atoms with Crippen molar-refractivity contribution in [3.05, 3.63) is 59.4 Å². The number of carbonyl (C=O) groups is 1. The van der Waals surface area contributed by atoms with Gasteiger partial charge in [0.2, 0.25) is 0 Å². The van der Waals surface area contributed by atoms with Crippen molar-refractivity contribution >= 4 is 5.91 Å². The van der Waals surface area contributed by atoms with E-state index in [9.17, 15) is 4.79 Å². The zero-order valence-electron chi connectivity index (χ0n) is 17.7. The highest BCUT2D eigenvalue weighted by Gasteiger charge is 2.30. The van der Waals surface area contributed by atoms with Gasteiger partial charge in [-0.3, -0.25) is 4.79 Å². The van der Waals surface area contributed by atoms with Crippen LogP contribution in [0.1, 0.15) is 35.5 Å². The number of nitrogens with zero attached hydrogens (tertiary/aromatic N) is 4. The molecule has 1 amide bonds. The summed E-state index contributed by atoms with van der Waals surface area (Å²) in [6.45, 7) is 9.28. The number of rotatable bonds is 3. The highest BCUT2D eigenvalue weighted by molar-refractivity contribution is 5.94. The van der Waals surface area contributed by atoms with Crippen molar-refractivity contribution in [2.45, 2.75) is 39.9 Å². The van der Waals surface area contributed by atoms with Crippen LogP contribution >= 0.6 is 0 Å². The molecule has 152 valence electrons. The van der Waals surface area contributed by atoms with Gasteiger partial charge in [0.1, 0.15) is 11.4 Å². The largest absolute Gasteiger partial charge is 0.372 e. The Morgan fingerprint density at radius 1 is 1.10 bits per heavy atom. The predicted octanol–water partition coefficient (Wildman–Crippen LogP) is 3.74. The minimum absolute atomic E-state index is 0.0131. The first-order valence-electron chi connectivity index (χ1n) is 10.1. The molecule has 3 heterocycles. The molecule has 1 fully saturated rings. The average molecular weight is 393 g/mol. The molecule has 0 unspecified atom stereocenters. The molecule has 1 aliphatic heterocycles. The van der Waals surface area contributed by atoms with E-state index in [0.717, 1.165) is 28.2 Å². The first kappa shape index (κ1) is 19.5. The summed E-state index contributed by atoms with van der Waals surface area (Å²) in [7, 11) is 1.99. The van der Waals surface area contributed by atoms with Crippen LogP contribution in [0.5, 0.6) is 0 Å². The van der Waals surface area contributed by atoms with E-state index < -0.39 is 0 Å². The van der Waals surface area contributed by atoms with E-state index in [4.69, 9.17) is 9.84 Å². The van der Waals surface area contributed by atoms with Gasteiger partial charge in [-0.1, -0.05) is 12.1 Å². The third-order valence-electron chi connectivity index (χ3n) is 5.43. The number of aromatic nitrogens is 3. The topological polar surface area (TPSA) is 52.3 Å². The Labute approximate surface area is 171 Å². The fraction of sp³-hybridized carbons (Fsp3) is 0.391. The number of hydrogen-bond acceptors (Lipinski definition) is 3. The predicted molar refractivity (Wildman–Crippen MR) is 113 cm³/mol. The van der Waals surface area contributed by atoms with Crippen LogP contribution in [0.2, 0.25) is 0 Å². The molecule has 4 rings (SSSR count). The van der Waals surface area contributed by atoms with Crippen molar-refractivity contribution in [3.8, 4) is 17.1 Å². The van der Waals surface area contributed by atoms with E-state index in [1.807, 2.05) is 61.7 Å². The highest BCUT2D eigenvalue weighted by Crippen LogP contribution is 2.26. The molecule has 1 saturated heterocycles. The van der Waals surface area contributed by atoms with E-state index in [1.165, 1.54) is 0 Å². The Bertz CT molecular complexity index is 1040. The molecular formula is C23H28N4O2. The molecule has 0 radical (unpaired) electrons. The smallest absolute Gasteiger partial charge is 0.272 e. The van der Waals surface area contributed by atoms with Gasteiger partial charge in [-0.15, -0.1) is 0 Å². The molecule has 2 atom stereocenters. The minimum atomic E-state index is -0.0131. The normalized spacial score (nSPS) is 19.6. The van der Waals surface area contributed by atoms with Crippen LogP contribution in [0, 0.1) is 13.8 Å². The van der Waals surface area contributed by atoms with Gasteiger partial charge >= 0.3 is 0 Å². The Morgan fingerprint density at radius 3 is 2.48 bits per heavy atom. The van der Waals surface area contributed by atoms with Gasteiger partial charge in [-0.05, 0) is 63.1 Å². The summed E-state index contributed by atoms with van der Waals surface area (Å²) in [5, 5.41) is 4.86. The standard InChI is InChI=1S/C23H28N4O2/c1-15-8-9-16(2)21(11-15)27-22(12-19(24-27)20-7-6-10-25(20)5)23(28)26-13-17(3)29-18(4)14-26/h6-12,17-18H,13-14H2,1-5H3/t17-,18-/m1/s1. The summed E-state index contributed by atoms with van der Waals surface area (Å²) >= 11 is 0. The molecule has 0 saturated carbocycles. The molecule has 0 spiro atoms. The maximum absolute atomic E-state index is 13.6. The second-order valence-electron chi connectivity index (χ2n) is 8.09. The zero-order chi connectivity index (χ0) is 20.7. The third-order valence-corrected chi connectivity index (χ3v) is 5.43. The van der Waals surface area contributed by atoms with Gasteiger partial charge in [-0.25, -0.2) is 4.68 Å². The molecular weight excluding hydrogens is 364 g/mol. The Balaban J connectivity index is 1.83. The SMILES string of the molecule is Cc1ccc(C)c(-n2nc(-c3cccn3C)cc2C(=O)N2C[C@@H](C)O[C@H](C)C2)c1. The van der Waals surface area contributed by atoms with Crippen LogP contribution in [0.25, 0.3) is 17.1 Å². The lowest BCUT2D eigenvalue weighted by molar-refractivity contribution is -0.0588. The highest BCUT2D eigenvalue weighted by atomic mass is 16.5. The second-order valence-corrected chi connectivity index (χ2v) is 8.09. The Morgan fingerprint density at radius 2 is 1.83 bits per heavy atom. The van der Waals surface area contributed by atoms with Crippen LogP contribution in [-0.2, 0) is 11.8 Å². The number of morpholine rings is 1. The van der Waals surface area contributed by atoms with E-state index >= 15 is 0 Å². The first-order valence-corrected chi connectivity index (χ1v) is 10.1. The maximum Gasteiger partial charge on any atom is 0.272 e. The summed E-state index contributed by atoms with van der Waals surface area (Å²) < 4.78 is 9.63. The number of ether oxygens (including phenoxy) is 1. The van der Waals surface area contributed by atoms with E-state index in [1.54, 1.807) is 4.68 Å². The van der Waals surface area contributed by atoms with Crippen molar-refractivity contribution in [1.82, 2.24) is 19.2 Å². The fourth-order valence-electron chi connectivity index (χ4n) is 4.02. The molecule has 2 aromatic heterocycles. The summed E-state index contributed by atoms with van der Waals surface area (Å²) in [5.74, 6) is -0.0131. The molecule has 1 aromatic carbocycles. The summed E-state index contributed by atoms with van der Waals surface area (Å²) in [5.41, 5.74) is 5.49. The summed E-state index contributed by atoms with van der Waals surface area (Å²) in [6, 6.07) is 12.1. The number of benzene rings is 1. The molecule has 6 heteroatoms. The summed E-state index contributed by atoms with van der Waals surface area (Å²) in [6.07, 6.45) is 2.03. The molecule has 6 nitrogen and oxygen atoms in total. The van der Waals surface area contributed by atoms with Crippen molar-refractivity contribution in [1.29, 1.82) is 0 Å². The van der Waals surface area contributed by atoms with Crippen LogP contribution in [-0.4, -0.2) is 50.5 Å². The number of aryl methyl sites for hydroxylation is 3. The van der Waals surface area contributed by atoms with Crippen LogP contribution in [0.3, 0.4) is 0 Å². The lowest BCUT2D eigenvalue weighted by Gasteiger charge is -2.35. The maximum atomic E-state index is 13.6. The Hall–Kier alpha value is -2.86. The number of hydrogen-bond donors (Lipinski definition) is 0. The van der Waals surface area contributed by atoms with Gasteiger partial charge < -0.3 is 14.2 Å². The molecule has 1 aliphatic rings. The van der Waals surface area contributed by atoms with Crippen LogP contribution in [0.4, 0.5) is 0 Å². The van der Waals surface area contributed by atoms with Gasteiger partial charge in [0, 0.05) is 26.3 Å². The van der Waals surface area contributed by atoms with Gasteiger partial charge in [0.15, 0.2) is 0 Å². The van der Waals surface area contributed by atoms with Crippen molar-refractivity contribution in [2.24, 2.45) is 7.05 Å². The van der Waals surface area contributed by atoms with Crippen molar-refractivity contribution in [3.63, 3.8) is 0 Å². The van der Waals surface area contributed by atoms with Crippen LogP contribution < -0.4 is 0 Å². The van der Waals surface area contributed by atoms with Gasteiger partial charge in [0.05, 0.1) is 23.6 Å². The monoisotopic (exact) mass is 392 g/mol. The molecule has 0 aliphatic carbocycles. The molecule has 29 heavy (non-hydrogen) atoms. The quantitative estimate of drug-likeness (QED) is 0.682. The lowest BCUT2D eigenvalue weighted by atomic mass is 10.1. The second kappa shape index (κ2) is 7.52. The van der Waals surface area contributed by atoms with E-state index in [0.29, 0.717) is 18.8 Å². The van der Waals surface area contributed by atoms with Crippen LogP contribution in [0.15, 0.2) is 42.6 Å². The average Bonchev–Trinajstić information content (AvgIpc) is 3.28. The zero-order valence-corrected chi connectivity index (χ0v) is 17.7. The third kappa shape index (κ3) is 3.72. The first-order chi connectivity index (χ1) is 13.8. The van der Waals surface area contributed by atoms with E-state index in [2.05, 4.69) is 25.1 Å². The van der Waals surface area contributed by atoms with Gasteiger partial charge in [-0.2, -0.15) is 5.10 Å². The van der Waals surface area contributed by atoms with Crippen molar-refractivity contribution < 1.29 is 9.53 Å². The minimum Gasteiger partial charge on any atom is -0.372 e. The number of carbonyl (C=O) groups excluding carboxylic acids is 1. The fourth-order valence-corrected chi connectivity index (χ4v) is 4.02. The van der Waals surface area contributed by atoms with E-state index in [-0.39, 0.29) is 18.1 Å². The Kier molecular flexibility index (Phi) is 5.04. The van der Waals surface area contributed by atoms with Crippen molar-refractivity contribution in [2.75, 3.05) is 13.1 Å². The molecule has 3 aromatic rings.